The van der Waals surface area contributed by atoms with E-state index < -0.39 is 0 Å². The van der Waals surface area contributed by atoms with Gasteiger partial charge in [-0.1, -0.05) is 13.8 Å². The zero-order valence-corrected chi connectivity index (χ0v) is 15.7. The highest BCUT2D eigenvalue weighted by Crippen LogP contribution is 2.29. The van der Waals surface area contributed by atoms with Crippen molar-refractivity contribution in [3.8, 4) is 0 Å². The number of imide groups is 1. The summed E-state index contributed by atoms with van der Waals surface area (Å²) in [5, 5.41) is 4.81. The Morgan fingerprint density at radius 2 is 1.85 bits per heavy atom. The summed E-state index contributed by atoms with van der Waals surface area (Å²) in [6, 6.07) is 6.90. The van der Waals surface area contributed by atoms with Gasteiger partial charge < -0.3 is 10.6 Å². The average Bonchev–Trinajstić information content (AvgIpc) is 2.86. The number of hydrogen-bond donors (Lipinski definition) is 2. The standard InChI is InChI=1S/C20H27N3O3/c1-12-5-4-6-17(13(12)2)22-18-11-19(25)23(20(18)26)16-9-7-15(8-10-16)21-14(3)24/h7-10,12-13,17-18,22H,4-6,11H2,1-3H3,(H,21,24)/p+1/t12-,13-,17+,18-/m1/s1. The second kappa shape index (κ2) is 7.58. The number of anilines is 2. The first-order valence-electron chi connectivity index (χ1n) is 9.46. The highest BCUT2D eigenvalue weighted by atomic mass is 16.2. The van der Waals surface area contributed by atoms with Crippen LogP contribution in [-0.4, -0.2) is 29.8 Å². The van der Waals surface area contributed by atoms with Crippen LogP contribution in [0, 0.1) is 11.8 Å². The molecule has 1 aromatic rings. The fourth-order valence-corrected chi connectivity index (χ4v) is 4.17. The Hall–Kier alpha value is -2.21. The maximum absolute atomic E-state index is 12.8. The molecule has 3 N–H and O–H groups in total. The molecular weight excluding hydrogens is 330 g/mol. The van der Waals surface area contributed by atoms with E-state index in [1.165, 1.54) is 24.7 Å². The Kier molecular flexibility index (Phi) is 5.41. The fourth-order valence-electron chi connectivity index (χ4n) is 4.17. The molecular formula is C20H28N3O3+. The number of benzene rings is 1. The number of nitrogens with zero attached hydrogens (tertiary/aromatic N) is 1. The molecule has 1 heterocycles. The first-order chi connectivity index (χ1) is 12.4. The largest absolute Gasteiger partial charge is 0.333 e. The van der Waals surface area contributed by atoms with Gasteiger partial charge in [0.25, 0.3) is 5.91 Å². The molecule has 0 aromatic heterocycles. The Bertz CT molecular complexity index is 701. The van der Waals surface area contributed by atoms with Crippen LogP contribution in [-0.2, 0) is 14.4 Å². The van der Waals surface area contributed by atoms with Crippen molar-refractivity contribution in [2.45, 2.75) is 58.5 Å². The molecule has 3 amide bonds. The summed E-state index contributed by atoms with van der Waals surface area (Å²) in [7, 11) is 0. The van der Waals surface area contributed by atoms with Gasteiger partial charge in [-0.25, -0.2) is 4.90 Å². The maximum Gasteiger partial charge on any atom is 0.292 e. The molecule has 0 spiro atoms. The predicted octanol–water partition coefficient (Wildman–Crippen LogP) is 1.66. The van der Waals surface area contributed by atoms with Crippen molar-refractivity contribution >= 4 is 29.1 Å². The van der Waals surface area contributed by atoms with E-state index in [4.69, 9.17) is 0 Å². The summed E-state index contributed by atoms with van der Waals surface area (Å²) < 4.78 is 0. The van der Waals surface area contributed by atoms with Crippen LogP contribution in [0.4, 0.5) is 11.4 Å². The van der Waals surface area contributed by atoms with Crippen LogP contribution in [0.1, 0.15) is 46.5 Å². The molecule has 1 aliphatic carbocycles. The van der Waals surface area contributed by atoms with E-state index in [0.717, 1.165) is 6.42 Å². The predicted molar refractivity (Wildman–Crippen MR) is 99.5 cm³/mol. The zero-order chi connectivity index (χ0) is 18.8. The number of nitrogens with two attached hydrogens (primary N) is 1. The molecule has 0 bridgehead atoms. The summed E-state index contributed by atoms with van der Waals surface area (Å²) in [6.45, 7) is 5.97. The molecule has 1 aromatic carbocycles. The van der Waals surface area contributed by atoms with E-state index in [2.05, 4.69) is 24.5 Å². The maximum atomic E-state index is 12.8. The van der Waals surface area contributed by atoms with E-state index in [1.54, 1.807) is 24.3 Å². The van der Waals surface area contributed by atoms with Crippen LogP contribution >= 0.6 is 0 Å². The van der Waals surface area contributed by atoms with Crippen LogP contribution in [0.25, 0.3) is 0 Å². The minimum Gasteiger partial charge on any atom is -0.333 e. The van der Waals surface area contributed by atoms with Crippen LogP contribution in [0.5, 0.6) is 0 Å². The van der Waals surface area contributed by atoms with E-state index in [0.29, 0.717) is 29.3 Å². The van der Waals surface area contributed by atoms with Crippen molar-refractivity contribution in [3.63, 3.8) is 0 Å². The minimum absolute atomic E-state index is 0.132. The summed E-state index contributed by atoms with van der Waals surface area (Å²) in [5.74, 6) is 0.775. The third kappa shape index (κ3) is 3.80. The van der Waals surface area contributed by atoms with Crippen molar-refractivity contribution in [2.75, 3.05) is 10.2 Å². The smallest absolute Gasteiger partial charge is 0.292 e. The van der Waals surface area contributed by atoms with Crippen LogP contribution < -0.4 is 15.5 Å². The first kappa shape index (κ1) is 18.6. The lowest BCUT2D eigenvalue weighted by Gasteiger charge is -2.33. The molecule has 0 radical (unpaired) electrons. The van der Waals surface area contributed by atoms with Crippen LogP contribution in [0.15, 0.2) is 24.3 Å². The van der Waals surface area contributed by atoms with Crippen molar-refractivity contribution in [3.05, 3.63) is 24.3 Å². The lowest BCUT2D eigenvalue weighted by Crippen LogP contribution is -2.97. The highest BCUT2D eigenvalue weighted by Gasteiger charge is 2.44. The van der Waals surface area contributed by atoms with Gasteiger partial charge in [0.2, 0.25) is 11.8 Å². The van der Waals surface area contributed by atoms with Crippen molar-refractivity contribution < 1.29 is 19.7 Å². The zero-order valence-electron chi connectivity index (χ0n) is 15.7. The number of rotatable bonds is 4. The fraction of sp³-hybridized carbons (Fsp3) is 0.550. The third-order valence-electron chi connectivity index (χ3n) is 5.88. The Morgan fingerprint density at radius 1 is 1.15 bits per heavy atom. The molecule has 26 heavy (non-hydrogen) atoms. The molecule has 140 valence electrons. The molecule has 6 heteroatoms. The Balaban J connectivity index is 1.69. The minimum atomic E-state index is -0.324. The van der Waals surface area contributed by atoms with Gasteiger partial charge in [-0.15, -0.1) is 0 Å². The number of nitrogens with one attached hydrogen (secondary N) is 1. The number of carbonyl (C=O) groups excluding carboxylic acids is 3. The van der Waals surface area contributed by atoms with Crippen molar-refractivity contribution in [1.82, 2.24) is 0 Å². The lowest BCUT2D eigenvalue weighted by molar-refractivity contribution is -0.716. The van der Waals surface area contributed by atoms with Gasteiger partial charge in [0.05, 0.1) is 18.2 Å². The number of hydrogen-bond acceptors (Lipinski definition) is 3. The normalized spacial score (nSPS) is 29.1. The summed E-state index contributed by atoms with van der Waals surface area (Å²) in [6.07, 6.45) is 3.80. The van der Waals surface area contributed by atoms with Gasteiger partial charge in [0.1, 0.15) is 0 Å². The van der Waals surface area contributed by atoms with Gasteiger partial charge in [0.15, 0.2) is 6.04 Å². The second-order valence-corrected chi connectivity index (χ2v) is 7.73. The van der Waals surface area contributed by atoms with Crippen LogP contribution in [0.2, 0.25) is 0 Å². The lowest BCUT2D eigenvalue weighted by atomic mass is 9.78. The monoisotopic (exact) mass is 358 g/mol. The van der Waals surface area contributed by atoms with E-state index in [-0.39, 0.29) is 30.2 Å². The Morgan fingerprint density at radius 3 is 2.50 bits per heavy atom. The molecule has 2 aliphatic rings. The summed E-state index contributed by atoms with van der Waals surface area (Å²) in [4.78, 5) is 37.7. The van der Waals surface area contributed by atoms with Gasteiger partial charge in [-0.3, -0.25) is 14.4 Å². The molecule has 6 nitrogen and oxygen atoms in total. The van der Waals surface area contributed by atoms with Gasteiger partial charge in [-0.05, 0) is 49.4 Å². The SMILES string of the molecule is CC(=O)Nc1ccc(N2C(=O)C[C@@H]([NH2+][C@H]3CCC[C@@H](C)[C@H]3C)C2=O)cc1. The van der Waals surface area contributed by atoms with Crippen LogP contribution in [0.3, 0.4) is 0 Å². The second-order valence-electron chi connectivity index (χ2n) is 7.73. The molecule has 2 fully saturated rings. The quantitative estimate of drug-likeness (QED) is 0.803. The third-order valence-corrected chi connectivity index (χ3v) is 5.88. The van der Waals surface area contributed by atoms with Crippen molar-refractivity contribution in [1.29, 1.82) is 0 Å². The molecule has 3 rings (SSSR count). The van der Waals surface area contributed by atoms with Gasteiger partial charge in [-0.2, -0.15) is 0 Å². The molecule has 0 unspecified atom stereocenters. The summed E-state index contributed by atoms with van der Waals surface area (Å²) in [5.41, 5.74) is 1.21. The van der Waals surface area contributed by atoms with Gasteiger partial charge in [0, 0.05) is 18.5 Å². The van der Waals surface area contributed by atoms with E-state index in [1.807, 2.05) is 0 Å². The van der Waals surface area contributed by atoms with E-state index in [9.17, 15) is 14.4 Å². The molecule has 4 atom stereocenters. The number of amides is 3. The van der Waals surface area contributed by atoms with Gasteiger partial charge >= 0.3 is 0 Å². The molecule has 1 saturated heterocycles. The molecule has 1 aliphatic heterocycles. The Labute approximate surface area is 154 Å². The number of carbonyl (C=O) groups is 3. The first-order valence-corrected chi connectivity index (χ1v) is 9.46. The number of quaternary nitrogens is 1. The summed E-state index contributed by atoms with van der Waals surface area (Å²) >= 11 is 0. The van der Waals surface area contributed by atoms with Crippen molar-refractivity contribution in [2.24, 2.45) is 11.8 Å². The highest BCUT2D eigenvalue weighted by molar-refractivity contribution is 6.21. The molecule has 1 saturated carbocycles. The average molecular weight is 358 g/mol. The topological polar surface area (TPSA) is 83.1 Å². The van der Waals surface area contributed by atoms with E-state index >= 15 is 0 Å².